The molecule has 2 rings (SSSR count). The molecule has 1 aliphatic carbocycles. The van der Waals surface area contributed by atoms with Gasteiger partial charge in [0, 0.05) is 0 Å². The fourth-order valence-electron chi connectivity index (χ4n) is 1.58. The van der Waals surface area contributed by atoms with Gasteiger partial charge < -0.3 is 0 Å². The lowest BCUT2D eigenvalue weighted by atomic mass is 10.1. The minimum Gasteiger partial charge on any atom is -0.207 e. The summed E-state index contributed by atoms with van der Waals surface area (Å²) in [5, 5.41) is 0. The van der Waals surface area contributed by atoms with Crippen LogP contribution in [-0.2, 0) is 6.42 Å². The Hall–Kier alpha value is -1.37. The molecule has 0 fully saturated rings. The minimum absolute atomic E-state index is 0.169. The van der Waals surface area contributed by atoms with Gasteiger partial charge in [-0.25, -0.2) is 4.39 Å². The molecule has 0 radical (unpaired) electrons. The van der Waals surface area contributed by atoms with Gasteiger partial charge in [0.2, 0.25) is 0 Å². The summed E-state index contributed by atoms with van der Waals surface area (Å²) in [5.74, 6) is -0.169. The highest BCUT2D eigenvalue weighted by molar-refractivity contribution is 5.67. The molecule has 1 aliphatic rings. The molecule has 1 aromatic carbocycles. The van der Waals surface area contributed by atoms with Gasteiger partial charge in [-0.2, -0.15) is 0 Å². The molecule has 0 heterocycles. The maximum Gasteiger partial charge on any atom is 0.123 e. The van der Waals surface area contributed by atoms with Crippen LogP contribution in [0.5, 0.6) is 0 Å². The van der Waals surface area contributed by atoms with Gasteiger partial charge in [-0.1, -0.05) is 24.3 Å². The Morgan fingerprint density at radius 1 is 1.46 bits per heavy atom. The van der Waals surface area contributed by atoms with Crippen LogP contribution >= 0.6 is 0 Å². The molecule has 0 N–H and O–H groups in total. The van der Waals surface area contributed by atoms with Crippen LogP contribution in [0.4, 0.5) is 4.39 Å². The number of allylic oxidation sites excluding steroid dienone is 2. The summed E-state index contributed by atoms with van der Waals surface area (Å²) in [5.41, 5.74) is 4.47. The number of fused-ring (bicyclic) bond motifs is 1. The fraction of sp³-hybridized carbons (Fsp3) is 0.167. The van der Waals surface area contributed by atoms with Crippen molar-refractivity contribution in [3.05, 3.63) is 52.9 Å². The van der Waals surface area contributed by atoms with Gasteiger partial charge in [0.1, 0.15) is 5.82 Å². The van der Waals surface area contributed by atoms with E-state index in [1.165, 1.54) is 17.2 Å². The van der Waals surface area contributed by atoms with E-state index in [2.05, 4.69) is 6.58 Å². The number of rotatable bonds is 1. The van der Waals surface area contributed by atoms with E-state index in [0.29, 0.717) is 0 Å². The van der Waals surface area contributed by atoms with Crippen molar-refractivity contribution in [3.63, 3.8) is 0 Å². The molecule has 0 bridgehead atoms. The second kappa shape index (κ2) is 2.84. The van der Waals surface area contributed by atoms with Gasteiger partial charge >= 0.3 is 0 Å². The van der Waals surface area contributed by atoms with Crippen LogP contribution < -0.4 is 0 Å². The van der Waals surface area contributed by atoms with E-state index < -0.39 is 0 Å². The van der Waals surface area contributed by atoms with Gasteiger partial charge in [-0.15, -0.1) is 0 Å². The Morgan fingerprint density at radius 3 is 2.92 bits per heavy atom. The zero-order chi connectivity index (χ0) is 9.42. The first-order valence-corrected chi connectivity index (χ1v) is 4.32. The number of hydrogen-bond donors (Lipinski definition) is 0. The van der Waals surface area contributed by atoms with Crippen molar-refractivity contribution in [1.29, 1.82) is 0 Å². The van der Waals surface area contributed by atoms with Crippen LogP contribution in [0.3, 0.4) is 0 Å². The number of hydrogen-bond acceptors (Lipinski definition) is 0. The highest BCUT2D eigenvalue weighted by Crippen LogP contribution is 2.28. The van der Waals surface area contributed by atoms with Crippen LogP contribution in [0.25, 0.3) is 6.08 Å². The predicted molar refractivity (Wildman–Crippen MR) is 52.9 cm³/mol. The SMILES string of the molecule is C=C(C)C1=Cc2cc(F)ccc2C1. The molecule has 1 heteroatoms. The molecule has 0 nitrogen and oxygen atoms in total. The summed E-state index contributed by atoms with van der Waals surface area (Å²) in [4.78, 5) is 0. The van der Waals surface area contributed by atoms with Crippen molar-refractivity contribution in [1.82, 2.24) is 0 Å². The predicted octanol–water partition coefficient (Wildman–Crippen LogP) is 3.34. The van der Waals surface area contributed by atoms with Crippen molar-refractivity contribution in [2.45, 2.75) is 13.3 Å². The third kappa shape index (κ3) is 1.42. The van der Waals surface area contributed by atoms with Crippen molar-refractivity contribution < 1.29 is 4.39 Å². The lowest BCUT2D eigenvalue weighted by Crippen LogP contribution is -1.85. The molecular formula is C12H11F. The molecule has 0 saturated heterocycles. The summed E-state index contributed by atoms with van der Waals surface area (Å²) >= 11 is 0. The molecule has 13 heavy (non-hydrogen) atoms. The maximum absolute atomic E-state index is 12.8. The van der Waals surface area contributed by atoms with Crippen molar-refractivity contribution in [2.75, 3.05) is 0 Å². The maximum atomic E-state index is 12.8. The lowest BCUT2D eigenvalue weighted by molar-refractivity contribution is 0.627. The van der Waals surface area contributed by atoms with Crippen LogP contribution in [0.1, 0.15) is 18.1 Å². The number of halogens is 1. The van der Waals surface area contributed by atoms with Crippen LogP contribution in [0, 0.1) is 5.82 Å². The van der Waals surface area contributed by atoms with E-state index in [-0.39, 0.29) is 5.82 Å². The van der Waals surface area contributed by atoms with Crippen LogP contribution in [-0.4, -0.2) is 0 Å². The second-order valence-electron chi connectivity index (χ2n) is 3.47. The summed E-state index contributed by atoms with van der Waals surface area (Å²) in [7, 11) is 0. The summed E-state index contributed by atoms with van der Waals surface area (Å²) in [6, 6.07) is 4.93. The van der Waals surface area contributed by atoms with E-state index in [1.807, 2.05) is 19.1 Å². The van der Waals surface area contributed by atoms with E-state index in [1.54, 1.807) is 6.07 Å². The van der Waals surface area contributed by atoms with Gasteiger partial charge in [0.05, 0.1) is 0 Å². The molecule has 0 amide bonds. The minimum atomic E-state index is -0.169. The first-order chi connectivity index (χ1) is 6.16. The highest BCUT2D eigenvalue weighted by atomic mass is 19.1. The Kier molecular flexibility index (Phi) is 1.80. The molecule has 0 atom stereocenters. The molecule has 1 aromatic rings. The highest BCUT2D eigenvalue weighted by Gasteiger charge is 2.12. The summed E-state index contributed by atoms with van der Waals surface area (Å²) in [6.45, 7) is 5.86. The van der Waals surface area contributed by atoms with E-state index in [9.17, 15) is 4.39 Å². The Balaban J connectivity index is 2.43. The average Bonchev–Trinajstić information content (AvgIpc) is 2.46. The van der Waals surface area contributed by atoms with Crippen molar-refractivity contribution >= 4 is 6.08 Å². The number of benzene rings is 1. The normalized spacial score (nSPS) is 13.8. The average molecular weight is 174 g/mol. The Labute approximate surface area is 77.4 Å². The molecular weight excluding hydrogens is 163 g/mol. The third-order valence-corrected chi connectivity index (χ3v) is 2.37. The van der Waals surface area contributed by atoms with Gasteiger partial charge in [0.25, 0.3) is 0 Å². The lowest BCUT2D eigenvalue weighted by Gasteiger charge is -1.98. The zero-order valence-corrected chi connectivity index (χ0v) is 7.60. The Morgan fingerprint density at radius 2 is 2.23 bits per heavy atom. The van der Waals surface area contributed by atoms with Crippen molar-refractivity contribution in [3.8, 4) is 0 Å². The first-order valence-electron chi connectivity index (χ1n) is 4.32. The zero-order valence-electron chi connectivity index (χ0n) is 7.60. The third-order valence-electron chi connectivity index (χ3n) is 2.37. The molecule has 0 saturated carbocycles. The standard InChI is InChI=1S/C12H11F/c1-8(2)10-5-9-3-4-12(13)7-11(9)6-10/h3-4,6-7H,1,5H2,2H3. The smallest absolute Gasteiger partial charge is 0.123 e. The quantitative estimate of drug-likeness (QED) is 0.612. The van der Waals surface area contributed by atoms with Gasteiger partial charge in [0.15, 0.2) is 0 Å². The monoisotopic (exact) mass is 174 g/mol. The first kappa shape index (κ1) is 8.24. The van der Waals surface area contributed by atoms with Crippen LogP contribution in [0.15, 0.2) is 35.9 Å². The van der Waals surface area contributed by atoms with Gasteiger partial charge in [-0.05, 0) is 42.2 Å². The molecule has 0 spiro atoms. The van der Waals surface area contributed by atoms with E-state index in [4.69, 9.17) is 0 Å². The van der Waals surface area contributed by atoms with Crippen molar-refractivity contribution in [2.24, 2.45) is 0 Å². The summed E-state index contributed by atoms with van der Waals surface area (Å²) in [6.07, 6.45) is 2.91. The molecule has 0 aliphatic heterocycles. The second-order valence-corrected chi connectivity index (χ2v) is 3.47. The largest absolute Gasteiger partial charge is 0.207 e. The fourth-order valence-corrected chi connectivity index (χ4v) is 1.58. The molecule has 0 aromatic heterocycles. The van der Waals surface area contributed by atoms with Crippen LogP contribution in [0.2, 0.25) is 0 Å². The molecule has 66 valence electrons. The topological polar surface area (TPSA) is 0 Å². The van der Waals surface area contributed by atoms with E-state index in [0.717, 1.165) is 17.6 Å². The summed E-state index contributed by atoms with van der Waals surface area (Å²) < 4.78 is 12.8. The van der Waals surface area contributed by atoms with Gasteiger partial charge in [-0.3, -0.25) is 0 Å². The van der Waals surface area contributed by atoms with E-state index >= 15 is 0 Å². The Bertz CT molecular complexity index is 400. The molecule has 0 unspecified atom stereocenters.